The van der Waals surface area contributed by atoms with E-state index in [-0.39, 0.29) is 11.7 Å². The fourth-order valence-electron chi connectivity index (χ4n) is 4.66. The number of benzene rings is 1. The molecule has 0 N–H and O–H groups in total. The maximum absolute atomic E-state index is 14.7. The average Bonchev–Trinajstić information content (AvgIpc) is 2.74. The van der Waals surface area contributed by atoms with E-state index in [1.54, 1.807) is 12.1 Å². The first-order chi connectivity index (χ1) is 14.2. The first kappa shape index (κ1) is 24.2. The van der Waals surface area contributed by atoms with Crippen LogP contribution in [-0.4, -0.2) is 6.61 Å². The Morgan fingerprint density at radius 3 is 2.07 bits per heavy atom. The molecule has 0 unspecified atom stereocenters. The van der Waals surface area contributed by atoms with Gasteiger partial charge in [0.2, 0.25) is 5.82 Å². The summed E-state index contributed by atoms with van der Waals surface area (Å²) in [5, 5.41) is 0. The molecule has 29 heavy (non-hydrogen) atoms. The SMILES string of the molecule is CCCCCCCCOc1ccc(C2CCC(CCCCCC)CC2)c(F)c1F. The van der Waals surface area contributed by atoms with Gasteiger partial charge >= 0.3 is 0 Å². The molecule has 0 radical (unpaired) electrons. The Morgan fingerprint density at radius 1 is 0.759 bits per heavy atom. The second kappa shape index (κ2) is 14.0. The van der Waals surface area contributed by atoms with Crippen LogP contribution in [-0.2, 0) is 0 Å². The summed E-state index contributed by atoms with van der Waals surface area (Å²) in [6, 6.07) is 3.41. The van der Waals surface area contributed by atoms with Crippen molar-refractivity contribution in [1.82, 2.24) is 0 Å². The van der Waals surface area contributed by atoms with Crippen LogP contribution in [0.1, 0.15) is 122 Å². The van der Waals surface area contributed by atoms with Crippen molar-refractivity contribution in [3.63, 3.8) is 0 Å². The first-order valence-corrected chi connectivity index (χ1v) is 12.3. The third kappa shape index (κ3) is 8.26. The van der Waals surface area contributed by atoms with Gasteiger partial charge in [-0.3, -0.25) is 0 Å². The Labute approximate surface area is 177 Å². The van der Waals surface area contributed by atoms with Crippen LogP contribution in [0.3, 0.4) is 0 Å². The summed E-state index contributed by atoms with van der Waals surface area (Å²) in [7, 11) is 0. The largest absolute Gasteiger partial charge is 0.490 e. The number of unbranched alkanes of at least 4 members (excludes halogenated alkanes) is 8. The van der Waals surface area contributed by atoms with Crippen molar-refractivity contribution >= 4 is 0 Å². The second-order valence-electron chi connectivity index (χ2n) is 8.96. The van der Waals surface area contributed by atoms with Gasteiger partial charge in [-0.15, -0.1) is 0 Å². The highest BCUT2D eigenvalue weighted by molar-refractivity contribution is 5.33. The van der Waals surface area contributed by atoms with E-state index in [0.29, 0.717) is 12.2 Å². The fraction of sp³-hybridized carbons (Fsp3) is 0.769. The molecule has 0 atom stereocenters. The summed E-state index contributed by atoms with van der Waals surface area (Å²) >= 11 is 0. The molecule has 0 bridgehead atoms. The van der Waals surface area contributed by atoms with E-state index < -0.39 is 11.6 Å². The van der Waals surface area contributed by atoms with Gasteiger partial charge in [0.15, 0.2) is 11.6 Å². The Balaban J connectivity index is 1.76. The van der Waals surface area contributed by atoms with Gasteiger partial charge in [-0.05, 0) is 55.6 Å². The van der Waals surface area contributed by atoms with E-state index in [4.69, 9.17) is 4.74 Å². The molecule has 1 fully saturated rings. The topological polar surface area (TPSA) is 9.23 Å². The zero-order valence-corrected chi connectivity index (χ0v) is 18.8. The van der Waals surface area contributed by atoms with Gasteiger partial charge in [0, 0.05) is 0 Å². The molecule has 0 amide bonds. The van der Waals surface area contributed by atoms with Crippen molar-refractivity contribution in [3.8, 4) is 5.75 Å². The summed E-state index contributed by atoms with van der Waals surface area (Å²) in [4.78, 5) is 0. The van der Waals surface area contributed by atoms with Crippen LogP contribution in [0.25, 0.3) is 0 Å². The predicted octanol–water partition coefficient (Wildman–Crippen LogP) is 8.95. The molecule has 1 aromatic carbocycles. The van der Waals surface area contributed by atoms with Crippen molar-refractivity contribution in [2.24, 2.45) is 5.92 Å². The number of hydrogen-bond acceptors (Lipinski definition) is 1. The van der Waals surface area contributed by atoms with Gasteiger partial charge in [-0.25, -0.2) is 4.39 Å². The molecule has 1 saturated carbocycles. The van der Waals surface area contributed by atoms with E-state index in [1.165, 1.54) is 57.8 Å². The summed E-state index contributed by atoms with van der Waals surface area (Å²) in [5.41, 5.74) is 0.554. The van der Waals surface area contributed by atoms with Gasteiger partial charge in [-0.1, -0.05) is 84.1 Å². The van der Waals surface area contributed by atoms with E-state index in [0.717, 1.165) is 44.4 Å². The predicted molar refractivity (Wildman–Crippen MR) is 119 cm³/mol. The van der Waals surface area contributed by atoms with Gasteiger partial charge in [0.05, 0.1) is 6.61 Å². The van der Waals surface area contributed by atoms with Crippen molar-refractivity contribution in [2.75, 3.05) is 6.61 Å². The highest BCUT2D eigenvalue weighted by atomic mass is 19.2. The molecule has 0 heterocycles. The van der Waals surface area contributed by atoms with Gasteiger partial charge in [0.1, 0.15) is 0 Å². The molecule has 1 aliphatic carbocycles. The third-order valence-corrected chi connectivity index (χ3v) is 6.58. The maximum atomic E-state index is 14.7. The zero-order valence-electron chi connectivity index (χ0n) is 18.8. The van der Waals surface area contributed by atoms with E-state index in [2.05, 4.69) is 13.8 Å². The molecule has 0 aliphatic heterocycles. The highest BCUT2D eigenvalue weighted by Crippen LogP contribution is 2.40. The summed E-state index contributed by atoms with van der Waals surface area (Å²) in [6.07, 6.45) is 17.7. The smallest absolute Gasteiger partial charge is 0.200 e. The van der Waals surface area contributed by atoms with Crippen LogP contribution in [0.4, 0.5) is 8.78 Å². The zero-order chi connectivity index (χ0) is 20.9. The molecule has 0 saturated heterocycles. The number of halogens is 2. The minimum absolute atomic E-state index is 0.0735. The molecule has 0 spiro atoms. The second-order valence-corrected chi connectivity index (χ2v) is 8.96. The molecule has 0 aromatic heterocycles. The maximum Gasteiger partial charge on any atom is 0.200 e. The van der Waals surface area contributed by atoms with Crippen LogP contribution >= 0.6 is 0 Å². The monoisotopic (exact) mass is 408 g/mol. The van der Waals surface area contributed by atoms with Crippen LogP contribution in [0, 0.1) is 17.6 Å². The molecule has 166 valence electrons. The summed E-state index contributed by atoms with van der Waals surface area (Å²) in [6.45, 7) is 4.90. The van der Waals surface area contributed by atoms with Gasteiger partial charge in [0.25, 0.3) is 0 Å². The van der Waals surface area contributed by atoms with Crippen molar-refractivity contribution in [1.29, 1.82) is 0 Å². The Bertz CT molecular complexity index is 564. The third-order valence-electron chi connectivity index (χ3n) is 6.58. The minimum atomic E-state index is -0.796. The average molecular weight is 409 g/mol. The summed E-state index contributed by atoms with van der Waals surface area (Å²) < 4.78 is 34.7. The van der Waals surface area contributed by atoms with Gasteiger partial charge in [-0.2, -0.15) is 4.39 Å². The standard InChI is InChI=1S/C26H42F2O/c1-3-5-7-9-10-12-20-29-24-19-18-23(25(27)26(24)28)22-16-14-21(15-17-22)13-11-8-6-4-2/h18-19,21-22H,3-17,20H2,1-2H3. The van der Waals surface area contributed by atoms with E-state index in [1.807, 2.05) is 0 Å². The molecule has 2 rings (SSSR count). The normalized spacial score (nSPS) is 19.4. The van der Waals surface area contributed by atoms with Crippen LogP contribution < -0.4 is 4.74 Å². The highest BCUT2D eigenvalue weighted by Gasteiger charge is 2.26. The molecule has 1 aliphatic rings. The number of rotatable bonds is 14. The van der Waals surface area contributed by atoms with Crippen LogP contribution in [0.2, 0.25) is 0 Å². The Kier molecular flexibility index (Phi) is 11.6. The summed E-state index contributed by atoms with van der Waals surface area (Å²) in [5.74, 6) is -0.476. The van der Waals surface area contributed by atoms with E-state index in [9.17, 15) is 8.78 Å². The van der Waals surface area contributed by atoms with Crippen molar-refractivity contribution < 1.29 is 13.5 Å². The number of ether oxygens (including phenoxy) is 1. The lowest BCUT2D eigenvalue weighted by Gasteiger charge is -2.29. The fourth-order valence-corrected chi connectivity index (χ4v) is 4.66. The molecule has 1 nitrogen and oxygen atoms in total. The van der Waals surface area contributed by atoms with E-state index >= 15 is 0 Å². The lowest BCUT2D eigenvalue weighted by molar-refractivity contribution is 0.279. The quantitative estimate of drug-likeness (QED) is 0.279. The van der Waals surface area contributed by atoms with Gasteiger partial charge < -0.3 is 4.74 Å². The van der Waals surface area contributed by atoms with Crippen LogP contribution in [0.15, 0.2) is 12.1 Å². The minimum Gasteiger partial charge on any atom is -0.490 e. The van der Waals surface area contributed by atoms with Crippen LogP contribution in [0.5, 0.6) is 5.75 Å². The lowest BCUT2D eigenvalue weighted by atomic mass is 9.77. The Morgan fingerprint density at radius 2 is 1.38 bits per heavy atom. The molecule has 1 aromatic rings. The molecule has 3 heteroatoms. The van der Waals surface area contributed by atoms with Crippen molar-refractivity contribution in [3.05, 3.63) is 29.3 Å². The lowest BCUT2D eigenvalue weighted by Crippen LogP contribution is -2.15. The van der Waals surface area contributed by atoms with Crippen molar-refractivity contribution in [2.45, 2.75) is 116 Å². The Hall–Kier alpha value is -1.12. The molecular weight excluding hydrogens is 366 g/mol. The first-order valence-electron chi connectivity index (χ1n) is 12.3. The number of hydrogen-bond donors (Lipinski definition) is 0. The molecular formula is C26H42F2O.